The van der Waals surface area contributed by atoms with Crippen molar-refractivity contribution >= 4 is 17.9 Å². The summed E-state index contributed by atoms with van der Waals surface area (Å²) in [6, 6.07) is 0. The van der Waals surface area contributed by atoms with Crippen molar-refractivity contribution in [2.45, 2.75) is 341 Å². The van der Waals surface area contributed by atoms with Crippen LogP contribution >= 0.6 is 0 Å². The molecule has 0 fully saturated rings. The van der Waals surface area contributed by atoms with Crippen molar-refractivity contribution in [2.75, 3.05) is 13.2 Å². The molecule has 0 aromatic rings. The molecular weight excluding hydrogens is 913 g/mol. The number of unbranched alkanes of at least 4 members (excludes halogenated alkanes) is 38. The Morgan fingerprint density at radius 2 is 0.486 bits per heavy atom. The SMILES string of the molecule is CCCCC/C=C\C/C=C\CCCCCCCCCC(=O)OCC(COC(=O)CCCCCCCCCCC/C=C\C/C=C\CCCCCCC)OC(=O)CCCCCCCCC/C=C\CCCCCCCCC. The molecule has 0 saturated carbocycles. The van der Waals surface area contributed by atoms with Gasteiger partial charge in [-0.25, -0.2) is 0 Å². The van der Waals surface area contributed by atoms with E-state index in [4.69, 9.17) is 14.2 Å². The Morgan fingerprint density at radius 1 is 0.270 bits per heavy atom. The van der Waals surface area contributed by atoms with E-state index < -0.39 is 6.10 Å². The number of rotatable bonds is 59. The van der Waals surface area contributed by atoms with Crippen LogP contribution < -0.4 is 0 Å². The lowest BCUT2D eigenvalue weighted by atomic mass is 10.1. The molecule has 6 heteroatoms. The van der Waals surface area contributed by atoms with Gasteiger partial charge in [0.05, 0.1) is 0 Å². The van der Waals surface area contributed by atoms with Gasteiger partial charge in [0.25, 0.3) is 0 Å². The first kappa shape index (κ1) is 71.1. The van der Waals surface area contributed by atoms with Crippen molar-refractivity contribution in [1.29, 1.82) is 0 Å². The average Bonchev–Trinajstić information content (AvgIpc) is 3.40. The van der Waals surface area contributed by atoms with E-state index >= 15 is 0 Å². The van der Waals surface area contributed by atoms with Crippen LogP contribution in [0.5, 0.6) is 0 Å². The van der Waals surface area contributed by atoms with Gasteiger partial charge in [0.2, 0.25) is 0 Å². The highest BCUT2D eigenvalue weighted by molar-refractivity contribution is 5.71. The molecule has 0 rings (SSSR count). The number of ether oxygens (including phenoxy) is 3. The van der Waals surface area contributed by atoms with Gasteiger partial charge < -0.3 is 14.2 Å². The van der Waals surface area contributed by atoms with Crippen LogP contribution in [0.15, 0.2) is 60.8 Å². The summed E-state index contributed by atoms with van der Waals surface area (Å²) in [5, 5.41) is 0. The lowest BCUT2D eigenvalue weighted by molar-refractivity contribution is -0.167. The summed E-state index contributed by atoms with van der Waals surface area (Å²) in [6.45, 7) is 6.63. The lowest BCUT2D eigenvalue weighted by Gasteiger charge is -2.18. The summed E-state index contributed by atoms with van der Waals surface area (Å²) in [4.78, 5) is 38.3. The predicted molar refractivity (Wildman–Crippen MR) is 321 cm³/mol. The fraction of sp³-hybridized carbons (Fsp3) is 0.809. The molecule has 0 spiro atoms. The first-order chi connectivity index (χ1) is 36.5. The van der Waals surface area contributed by atoms with Gasteiger partial charge in [-0.15, -0.1) is 0 Å². The van der Waals surface area contributed by atoms with E-state index in [1.165, 1.54) is 218 Å². The standard InChI is InChI=1S/C68H122O6/c1-4-7-10-13-16-19-22-25-28-31-33-34-35-38-40-43-46-49-52-55-58-61-67(70)73-64-65(63-72-66(69)60-57-54-51-48-45-42-39-36-30-27-24-21-18-15-12-9-6-3)74-68(71)62-59-56-53-50-47-44-41-37-32-29-26-23-20-17-14-11-8-5-2/h18,21-22,25,27,29-33,65H,4-17,19-20,23-24,26,28,34-64H2,1-3H3/b21-18-,25-22-,30-27-,32-29-,33-31-. The quantitative estimate of drug-likeness (QED) is 0.0261. The molecule has 0 saturated heterocycles. The number of allylic oxidation sites excluding steroid dienone is 10. The lowest BCUT2D eigenvalue weighted by Crippen LogP contribution is -2.30. The van der Waals surface area contributed by atoms with E-state index in [1.54, 1.807) is 0 Å². The van der Waals surface area contributed by atoms with E-state index in [2.05, 4.69) is 81.5 Å². The van der Waals surface area contributed by atoms with Gasteiger partial charge in [-0.05, 0) is 109 Å². The maximum atomic E-state index is 12.9. The highest BCUT2D eigenvalue weighted by Gasteiger charge is 2.19. The summed E-state index contributed by atoms with van der Waals surface area (Å²) in [5.41, 5.74) is 0. The van der Waals surface area contributed by atoms with Gasteiger partial charge in [-0.1, -0.05) is 268 Å². The van der Waals surface area contributed by atoms with Gasteiger partial charge in [-0.3, -0.25) is 14.4 Å². The highest BCUT2D eigenvalue weighted by Crippen LogP contribution is 2.16. The maximum absolute atomic E-state index is 12.9. The van der Waals surface area contributed by atoms with Crippen LogP contribution in [-0.4, -0.2) is 37.2 Å². The molecule has 0 bridgehead atoms. The number of carbonyl (C=O) groups excluding carboxylic acids is 3. The van der Waals surface area contributed by atoms with Crippen LogP contribution in [0.2, 0.25) is 0 Å². The van der Waals surface area contributed by atoms with Crippen LogP contribution in [0.3, 0.4) is 0 Å². The smallest absolute Gasteiger partial charge is 0.306 e. The van der Waals surface area contributed by atoms with Crippen LogP contribution in [0.4, 0.5) is 0 Å². The fourth-order valence-corrected chi connectivity index (χ4v) is 9.32. The van der Waals surface area contributed by atoms with Crippen LogP contribution in [0, 0.1) is 0 Å². The van der Waals surface area contributed by atoms with Crippen LogP contribution in [-0.2, 0) is 28.6 Å². The Bertz CT molecular complexity index is 1330. The molecule has 0 aromatic heterocycles. The molecule has 0 heterocycles. The average molecular weight is 1040 g/mol. The van der Waals surface area contributed by atoms with Gasteiger partial charge in [-0.2, -0.15) is 0 Å². The van der Waals surface area contributed by atoms with Gasteiger partial charge in [0.1, 0.15) is 13.2 Å². The topological polar surface area (TPSA) is 78.9 Å². The zero-order valence-corrected chi connectivity index (χ0v) is 49.4. The van der Waals surface area contributed by atoms with Gasteiger partial charge in [0.15, 0.2) is 6.10 Å². The van der Waals surface area contributed by atoms with Crippen molar-refractivity contribution in [1.82, 2.24) is 0 Å². The summed E-state index contributed by atoms with van der Waals surface area (Å²) in [7, 11) is 0. The minimum atomic E-state index is -0.783. The third-order valence-corrected chi connectivity index (χ3v) is 14.2. The zero-order chi connectivity index (χ0) is 53.6. The maximum Gasteiger partial charge on any atom is 0.306 e. The molecule has 6 nitrogen and oxygen atoms in total. The van der Waals surface area contributed by atoms with Crippen molar-refractivity contribution in [3.8, 4) is 0 Å². The Labute approximate surface area is 460 Å². The highest BCUT2D eigenvalue weighted by atomic mass is 16.6. The summed E-state index contributed by atoms with van der Waals surface area (Å²) < 4.78 is 16.9. The molecule has 0 aliphatic carbocycles. The molecule has 0 aliphatic rings. The molecule has 0 N–H and O–H groups in total. The second kappa shape index (κ2) is 62.6. The molecule has 430 valence electrons. The molecular formula is C68H122O6. The minimum Gasteiger partial charge on any atom is -0.462 e. The third-order valence-electron chi connectivity index (χ3n) is 14.2. The van der Waals surface area contributed by atoms with E-state index in [0.29, 0.717) is 19.3 Å². The molecule has 0 amide bonds. The van der Waals surface area contributed by atoms with Crippen LogP contribution in [0.1, 0.15) is 335 Å². The Balaban J connectivity index is 4.37. The Kier molecular flexibility index (Phi) is 60.2. The third kappa shape index (κ3) is 60.0. The minimum absolute atomic E-state index is 0.0791. The molecule has 0 aromatic carbocycles. The van der Waals surface area contributed by atoms with Crippen LogP contribution in [0.25, 0.3) is 0 Å². The number of hydrogen-bond acceptors (Lipinski definition) is 6. The van der Waals surface area contributed by atoms with Gasteiger partial charge >= 0.3 is 17.9 Å². The largest absolute Gasteiger partial charge is 0.462 e. The van der Waals surface area contributed by atoms with E-state index in [9.17, 15) is 14.4 Å². The predicted octanol–water partition coefficient (Wildman–Crippen LogP) is 21.9. The normalized spacial score (nSPS) is 12.4. The molecule has 1 unspecified atom stereocenters. The first-order valence-electron chi connectivity index (χ1n) is 32.3. The summed E-state index contributed by atoms with van der Waals surface area (Å²) >= 11 is 0. The molecule has 0 radical (unpaired) electrons. The van der Waals surface area contributed by atoms with Crippen molar-refractivity contribution in [3.05, 3.63) is 60.8 Å². The van der Waals surface area contributed by atoms with E-state index in [-0.39, 0.29) is 31.1 Å². The Morgan fingerprint density at radius 3 is 0.784 bits per heavy atom. The summed E-state index contributed by atoms with van der Waals surface area (Å²) in [6.07, 6.45) is 79.3. The van der Waals surface area contributed by atoms with E-state index in [0.717, 1.165) is 77.0 Å². The molecule has 0 aliphatic heterocycles. The molecule has 1 atom stereocenters. The second-order valence-electron chi connectivity index (χ2n) is 21.7. The number of hydrogen-bond donors (Lipinski definition) is 0. The van der Waals surface area contributed by atoms with Gasteiger partial charge in [0, 0.05) is 19.3 Å². The first-order valence-corrected chi connectivity index (χ1v) is 32.3. The zero-order valence-electron chi connectivity index (χ0n) is 49.4. The molecule has 74 heavy (non-hydrogen) atoms. The summed E-state index contributed by atoms with van der Waals surface area (Å²) in [5.74, 6) is -0.878. The van der Waals surface area contributed by atoms with Crippen molar-refractivity contribution in [3.63, 3.8) is 0 Å². The number of carbonyl (C=O) groups is 3. The fourth-order valence-electron chi connectivity index (χ4n) is 9.32. The van der Waals surface area contributed by atoms with Crippen molar-refractivity contribution in [2.24, 2.45) is 0 Å². The number of esters is 3. The van der Waals surface area contributed by atoms with E-state index in [1.807, 2.05) is 0 Å². The van der Waals surface area contributed by atoms with Crippen molar-refractivity contribution < 1.29 is 28.6 Å². The monoisotopic (exact) mass is 1030 g/mol. The Hall–Kier alpha value is -2.89. The second-order valence-corrected chi connectivity index (χ2v) is 21.7.